The molecule has 0 saturated carbocycles. The summed E-state index contributed by atoms with van der Waals surface area (Å²) in [6.07, 6.45) is 5.26. The predicted molar refractivity (Wildman–Crippen MR) is 80.7 cm³/mol. The number of aryl methyl sites for hydroxylation is 3. The van der Waals surface area contributed by atoms with Gasteiger partial charge in [0.1, 0.15) is 0 Å². The van der Waals surface area contributed by atoms with E-state index in [1.165, 1.54) is 9.13 Å². The van der Waals surface area contributed by atoms with Crippen LogP contribution in [0.3, 0.4) is 0 Å². The molecule has 2 rings (SSSR count). The van der Waals surface area contributed by atoms with Crippen LogP contribution in [-0.2, 0) is 6.54 Å². The van der Waals surface area contributed by atoms with Crippen molar-refractivity contribution in [3.8, 4) is 5.69 Å². The molecule has 0 N–H and O–H groups in total. The third-order valence-electron chi connectivity index (χ3n) is 3.42. The number of rotatable bonds is 4. The van der Waals surface area contributed by atoms with Gasteiger partial charge in [-0.25, -0.2) is 0 Å². The number of hydrogen-bond acceptors (Lipinski definition) is 2. The molecule has 0 aliphatic carbocycles. The van der Waals surface area contributed by atoms with Crippen molar-refractivity contribution in [2.24, 2.45) is 0 Å². The van der Waals surface area contributed by atoms with Crippen molar-refractivity contribution in [2.75, 3.05) is 0 Å². The van der Waals surface area contributed by atoms with Crippen molar-refractivity contribution >= 4 is 0 Å². The summed E-state index contributed by atoms with van der Waals surface area (Å²) in [5, 5.41) is 0. The van der Waals surface area contributed by atoms with Gasteiger partial charge in [-0.2, -0.15) is 0 Å². The molecule has 0 unspecified atom stereocenters. The summed E-state index contributed by atoms with van der Waals surface area (Å²) in [7, 11) is 0. The fourth-order valence-corrected chi connectivity index (χ4v) is 2.28. The van der Waals surface area contributed by atoms with Crippen LogP contribution >= 0.6 is 0 Å². The van der Waals surface area contributed by atoms with E-state index in [4.69, 9.17) is 0 Å². The lowest BCUT2D eigenvalue weighted by Crippen LogP contribution is -2.40. The van der Waals surface area contributed by atoms with E-state index in [1.54, 1.807) is 12.4 Å². The van der Waals surface area contributed by atoms with Crippen molar-refractivity contribution in [1.82, 2.24) is 9.13 Å². The van der Waals surface area contributed by atoms with Crippen LogP contribution in [0.15, 0.2) is 40.2 Å². The maximum Gasteiger partial charge on any atom is 0.320 e. The van der Waals surface area contributed by atoms with E-state index in [0.29, 0.717) is 6.54 Å². The SMILES string of the molecule is CCCCn1ccn(-c2ccc(C)cc2C)c(=O)c1=O. The molecule has 0 aliphatic rings. The topological polar surface area (TPSA) is 44.0 Å². The summed E-state index contributed by atoms with van der Waals surface area (Å²) in [4.78, 5) is 24.3. The molecule has 106 valence electrons. The second-order valence-corrected chi connectivity index (χ2v) is 5.12. The van der Waals surface area contributed by atoms with Gasteiger partial charge >= 0.3 is 11.1 Å². The minimum Gasteiger partial charge on any atom is -0.309 e. The molecule has 4 heteroatoms. The van der Waals surface area contributed by atoms with Crippen molar-refractivity contribution in [2.45, 2.75) is 40.2 Å². The Hall–Kier alpha value is -2.10. The lowest BCUT2D eigenvalue weighted by atomic mass is 10.1. The lowest BCUT2D eigenvalue weighted by molar-refractivity contribution is 0.598. The van der Waals surface area contributed by atoms with Gasteiger partial charge in [-0.1, -0.05) is 31.0 Å². The number of benzene rings is 1. The van der Waals surface area contributed by atoms with Crippen LogP contribution in [0, 0.1) is 13.8 Å². The van der Waals surface area contributed by atoms with Crippen molar-refractivity contribution in [1.29, 1.82) is 0 Å². The van der Waals surface area contributed by atoms with Crippen LogP contribution < -0.4 is 11.1 Å². The third kappa shape index (κ3) is 2.74. The average molecular weight is 272 g/mol. The molecule has 1 aromatic heterocycles. The number of hydrogen-bond donors (Lipinski definition) is 0. The van der Waals surface area contributed by atoms with Crippen molar-refractivity contribution < 1.29 is 0 Å². The normalized spacial score (nSPS) is 10.8. The monoisotopic (exact) mass is 272 g/mol. The van der Waals surface area contributed by atoms with Crippen LogP contribution in [0.4, 0.5) is 0 Å². The molecule has 0 aliphatic heterocycles. The minimum absolute atomic E-state index is 0.457. The average Bonchev–Trinajstić information content (AvgIpc) is 2.41. The Balaban J connectivity index is 2.52. The highest BCUT2D eigenvalue weighted by Gasteiger charge is 2.08. The Morgan fingerprint density at radius 2 is 1.80 bits per heavy atom. The summed E-state index contributed by atoms with van der Waals surface area (Å²) in [6.45, 7) is 6.60. The largest absolute Gasteiger partial charge is 0.320 e. The highest BCUT2D eigenvalue weighted by Crippen LogP contribution is 2.13. The standard InChI is InChI=1S/C16H20N2O2/c1-4-5-8-17-9-10-18(16(20)15(17)19)14-7-6-12(2)11-13(14)3/h6-7,9-11H,4-5,8H2,1-3H3. The third-order valence-corrected chi connectivity index (χ3v) is 3.42. The summed E-state index contributed by atoms with van der Waals surface area (Å²) < 4.78 is 2.92. The molecular weight excluding hydrogens is 252 g/mol. The first-order valence-electron chi connectivity index (χ1n) is 6.94. The summed E-state index contributed by atoms with van der Waals surface area (Å²) in [5.41, 5.74) is 1.94. The quantitative estimate of drug-likeness (QED) is 0.802. The smallest absolute Gasteiger partial charge is 0.309 e. The van der Waals surface area contributed by atoms with Gasteiger partial charge < -0.3 is 4.57 Å². The van der Waals surface area contributed by atoms with Crippen LogP contribution in [0.1, 0.15) is 30.9 Å². The zero-order valence-electron chi connectivity index (χ0n) is 12.2. The van der Waals surface area contributed by atoms with E-state index in [1.807, 2.05) is 32.0 Å². The molecule has 0 radical (unpaired) electrons. The molecule has 4 nitrogen and oxygen atoms in total. The maximum atomic E-state index is 12.2. The second-order valence-electron chi connectivity index (χ2n) is 5.12. The van der Waals surface area contributed by atoms with Gasteiger partial charge in [0, 0.05) is 18.9 Å². The number of aromatic nitrogens is 2. The Kier molecular flexibility index (Phi) is 4.23. The molecule has 0 atom stereocenters. The molecule has 0 saturated heterocycles. The molecule has 1 heterocycles. The molecular formula is C16H20N2O2. The zero-order chi connectivity index (χ0) is 14.7. The number of nitrogens with zero attached hydrogens (tertiary/aromatic N) is 2. The first-order valence-corrected chi connectivity index (χ1v) is 6.94. The fraction of sp³-hybridized carbons (Fsp3) is 0.375. The summed E-state index contributed by atoms with van der Waals surface area (Å²) in [5.74, 6) is 0. The summed E-state index contributed by atoms with van der Waals surface area (Å²) in [6, 6.07) is 5.82. The molecule has 0 fully saturated rings. The maximum absolute atomic E-state index is 12.2. The van der Waals surface area contributed by atoms with E-state index in [0.717, 1.165) is 29.7 Å². The second kappa shape index (κ2) is 5.90. The lowest BCUT2D eigenvalue weighted by Gasteiger charge is -2.11. The molecule has 0 amide bonds. The molecule has 20 heavy (non-hydrogen) atoms. The van der Waals surface area contributed by atoms with Crippen LogP contribution in [-0.4, -0.2) is 9.13 Å². The van der Waals surface area contributed by atoms with E-state index >= 15 is 0 Å². The molecule has 1 aromatic carbocycles. The van der Waals surface area contributed by atoms with Gasteiger partial charge in [-0.05, 0) is 31.9 Å². The van der Waals surface area contributed by atoms with E-state index in [9.17, 15) is 9.59 Å². The first-order chi connectivity index (χ1) is 9.54. The van der Waals surface area contributed by atoms with Crippen LogP contribution in [0.25, 0.3) is 5.69 Å². The van der Waals surface area contributed by atoms with Gasteiger partial charge in [-0.3, -0.25) is 14.2 Å². The highest BCUT2D eigenvalue weighted by atomic mass is 16.2. The predicted octanol–water partition coefficient (Wildman–Crippen LogP) is 2.42. The first kappa shape index (κ1) is 14.3. The highest BCUT2D eigenvalue weighted by molar-refractivity contribution is 5.42. The Labute approximate surface area is 118 Å². The van der Waals surface area contributed by atoms with Gasteiger partial charge in [-0.15, -0.1) is 0 Å². The van der Waals surface area contributed by atoms with E-state index < -0.39 is 11.1 Å². The fourth-order valence-electron chi connectivity index (χ4n) is 2.28. The Bertz CT molecular complexity index is 726. The van der Waals surface area contributed by atoms with Crippen molar-refractivity contribution in [3.05, 3.63) is 62.4 Å². The minimum atomic E-state index is -0.490. The van der Waals surface area contributed by atoms with Gasteiger partial charge in [0.2, 0.25) is 0 Å². The van der Waals surface area contributed by atoms with Crippen LogP contribution in [0.2, 0.25) is 0 Å². The zero-order valence-corrected chi connectivity index (χ0v) is 12.2. The van der Waals surface area contributed by atoms with E-state index in [2.05, 4.69) is 6.92 Å². The molecule has 0 spiro atoms. The van der Waals surface area contributed by atoms with Gasteiger partial charge in [0.25, 0.3) is 0 Å². The molecule has 2 aromatic rings. The van der Waals surface area contributed by atoms with E-state index in [-0.39, 0.29) is 0 Å². The van der Waals surface area contributed by atoms with Gasteiger partial charge in [0.05, 0.1) is 5.69 Å². The van der Waals surface area contributed by atoms with Gasteiger partial charge in [0.15, 0.2) is 0 Å². The Morgan fingerprint density at radius 1 is 1.05 bits per heavy atom. The Morgan fingerprint density at radius 3 is 2.45 bits per heavy atom. The molecule has 0 bridgehead atoms. The van der Waals surface area contributed by atoms with Crippen LogP contribution in [0.5, 0.6) is 0 Å². The summed E-state index contributed by atoms with van der Waals surface area (Å²) >= 11 is 0. The van der Waals surface area contributed by atoms with Crippen molar-refractivity contribution in [3.63, 3.8) is 0 Å². The number of unbranched alkanes of at least 4 members (excludes halogenated alkanes) is 1.